The van der Waals surface area contributed by atoms with Crippen LogP contribution in [0.1, 0.15) is 38.2 Å². The van der Waals surface area contributed by atoms with Crippen molar-refractivity contribution in [3.8, 4) is 5.75 Å². The van der Waals surface area contributed by atoms with Gasteiger partial charge in [-0.05, 0) is 37.1 Å². The molecule has 4 nitrogen and oxygen atoms in total. The second kappa shape index (κ2) is 9.39. The van der Waals surface area contributed by atoms with E-state index in [9.17, 15) is 4.79 Å². The lowest BCUT2D eigenvalue weighted by atomic mass is 10.2. The predicted molar refractivity (Wildman–Crippen MR) is 75.4 cm³/mol. The average molecular weight is 265 g/mol. The summed E-state index contributed by atoms with van der Waals surface area (Å²) in [6.45, 7) is 4.39. The van der Waals surface area contributed by atoms with Crippen LogP contribution in [0.15, 0.2) is 24.3 Å². The van der Waals surface area contributed by atoms with Gasteiger partial charge in [0.25, 0.3) is 0 Å². The third-order valence-corrected chi connectivity index (χ3v) is 2.76. The van der Waals surface area contributed by atoms with Crippen LogP contribution in [-0.4, -0.2) is 24.2 Å². The van der Waals surface area contributed by atoms with Gasteiger partial charge >= 0.3 is 5.97 Å². The molecule has 106 valence electrons. The molecule has 1 rings (SSSR count). The number of aliphatic carboxylic acids is 1. The van der Waals surface area contributed by atoms with Crippen LogP contribution in [0.2, 0.25) is 0 Å². The van der Waals surface area contributed by atoms with Crippen molar-refractivity contribution in [3.63, 3.8) is 0 Å². The van der Waals surface area contributed by atoms with Gasteiger partial charge in [-0.1, -0.05) is 25.5 Å². The molecule has 0 aliphatic heterocycles. The highest BCUT2D eigenvalue weighted by molar-refractivity contribution is 5.66. The van der Waals surface area contributed by atoms with Gasteiger partial charge in [0.1, 0.15) is 5.75 Å². The first-order valence-electron chi connectivity index (χ1n) is 6.86. The summed E-state index contributed by atoms with van der Waals surface area (Å²) in [5.41, 5.74) is 1.18. The molecule has 0 fully saturated rings. The quantitative estimate of drug-likeness (QED) is 0.639. The molecule has 0 amide bonds. The molecule has 0 saturated carbocycles. The first-order valence-corrected chi connectivity index (χ1v) is 6.86. The number of ether oxygens (including phenoxy) is 1. The van der Waals surface area contributed by atoms with Crippen LogP contribution < -0.4 is 10.1 Å². The first kappa shape index (κ1) is 15.5. The summed E-state index contributed by atoms with van der Waals surface area (Å²) in [6, 6.07) is 8.02. The van der Waals surface area contributed by atoms with Crippen molar-refractivity contribution < 1.29 is 14.6 Å². The molecule has 1 aromatic rings. The van der Waals surface area contributed by atoms with E-state index in [1.54, 1.807) is 0 Å². The number of rotatable bonds is 10. The monoisotopic (exact) mass is 265 g/mol. The Labute approximate surface area is 114 Å². The van der Waals surface area contributed by atoms with Crippen LogP contribution in [0.4, 0.5) is 0 Å². The molecule has 0 spiro atoms. The fraction of sp³-hybridized carbons (Fsp3) is 0.533. The lowest BCUT2D eigenvalue weighted by Crippen LogP contribution is -2.15. The summed E-state index contributed by atoms with van der Waals surface area (Å²) >= 11 is 0. The lowest BCUT2D eigenvalue weighted by molar-refractivity contribution is -0.137. The van der Waals surface area contributed by atoms with Crippen molar-refractivity contribution in [2.75, 3.05) is 13.2 Å². The minimum absolute atomic E-state index is 0.219. The Hall–Kier alpha value is -1.55. The number of carboxylic acid groups (broad SMARTS) is 1. The fourth-order valence-corrected chi connectivity index (χ4v) is 1.64. The van der Waals surface area contributed by atoms with Crippen molar-refractivity contribution in [1.82, 2.24) is 5.32 Å². The smallest absolute Gasteiger partial charge is 0.303 e. The minimum Gasteiger partial charge on any atom is -0.494 e. The van der Waals surface area contributed by atoms with E-state index in [0.717, 1.165) is 38.3 Å². The summed E-state index contributed by atoms with van der Waals surface area (Å²) in [6.07, 6.45) is 3.09. The minimum atomic E-state index is -0.740. The van der Waals surface area contributed by atoms with Gasteiger partial charge in [-0.2, -0.15) is 0 Å². The van der Waals surface area contributed by atoms with E-state index in [0.29, 0.717) is 6.42 Å². The summed E-state index contributed by atoms with van der Waals surface area (Å²) < 4.78 is 5.59. The molecular formula is C15H23NO3. The van der Waals surface area contributed by atoms with Gasteiger partial charge < -0.3 is 15.2 Å². The summed E-state index contributed by atoms with van der Waals surface area (Å²) in [4.78, 5) is 10.3. The van der Waals surface area contributed by atoms with E-state index in [1.807, 2.05) is 24.3 Å². The Balaban J connectivity index is 2.18. The van der Waals surface area contributed by atoms with Gasteiger partial charge in [-0.25, -0.2) is 0 Å². The highest BCUT2D eigenvalue weighted by Gasteiger charge is 1.98. The van der Waals surface area contributed by atoms with Crippen molar-refractivity contribution in [3.05, 3.63) is 29.8 Å². The van der Waals surface area contributed by atoms with Crippen LogP contribution in [0, 0.1) is 0 Å². The summed E-state index contributed by atoms with van der Waals surface area (Å²) in [7, 11) is 0. The molecule has 2 N–H and O–H groups in total. The van der Waals surface area contributed by atoms with E-state index in [1.165, 1.54) is 5.56 Å². The molecule has 0 unspecified atom stereocenters. The third-order valence-electron chi connectivity index (χ3n) is 2.76. The molecule has 0 heterocycles. The van der Waals surface area contributed by atoms with Crippen molar-refractivity contribution >= 4 is 5.97 Å². The molecule has 0 saturated heterocycles. The Morgan fingerprint density at radius 1 is 1.26 bits per heavy atom. The van der Waals surface area contributed by atoms with Gasteiger partial charge in [-0.3, -0.25) is 4.79 Å². The number of carbonyl (C=O) groups is 1. The van der Waals surface area contributed by atoms with Crippen LogP contribution in [0.3, 0.4) is 0 Å². The van der Waals surface area contributed by atoms with Crippen LogP contribution in [0.5, 0.6) is 5.75 Å². The van der Waals surface area contributed by atoms with E-state index >= 15 is 0 Å². The van der Waals surface area contributed by atoms with Gasteiger partial charge in [0, 0.05) is 13.0 Å². The van der Waals surface area contributed by atoms with E-state index in [-0.39, 0.29) is 6.42 Å². The average Bonchev–Trinajstić information content (AvgIpc) is 2.40. The number of hydrogen-bond acceptors (Lipinski definition) is 3. The number of unbranched alkanes of at least 4 members (excludes halogenated alkanes) is 1. The van der Waals surface area contributed by atoms with Crippen molar-refractivity contribution in [2.45, 2.75) is 39.2 Å². The normalized spacial score (nSPS) is 10.4. The fourth-order valence-electron chi connectivity index (χ4n) is 1.64. The number of nitrogens with one attached hydrogen (secondary N) is 1. The van der Waals surface area contributed by atoms with Gasteiger partial charge in [0.05, 0.1) is 6.61 Å². The second-order valence-corrected chi connectivity index (χ2v) is 4.52. The second-order valence-electron chi connectivity index (χ2n) is 4.52. The highest BCUT2D eigenvalue weighted by Crippen LogP contribution is 2.12. The number of benzene rings is 1. The summed E-state index contributed by atoms with van der Waals surface area (Å²) in [5.74, 6) is 0.165. The Morgan fingerprint density at radius 2 is 2.00 bits per heavy atom. The third kappa shape index (κ3) is 7.47. The summed E-state index contributed by atoms with van der Waals surface area (Å²) in [5, 5.41) is 11.7. The molecule has 0 radical (unpaired) electrons. The first-order chi connectivity index (χ1) is 9.22. The Bertz CT molecular complexity index is 362. The molecule has 0 aliphatic rings. The zero-order valence-corrected chi connectivity index (χ0v) is 11.5. The van der Waals surface area contributed by atoms with Crippen LogP contribution in [0.25, 0.3) is 0 Å². The van der Waals surface area contributed by atoms with Gasteiger partial charge in [0.2, 0.25) is 0 Å². The molecule has 19 heavy (non-hydrogen) atoms. The Morgan fingerprint density at radius 3 is 2.63 bits per heavy atom. The molecule has 1 aromatic carbocycles. The number of carboxylic acids is 1. The molecule has 0 aliphatic carbocycles. The maximum Gasteiger partial charge on any atom is 0.303 e. The lowest BCUT2D eigenvalue weighted by Gasteiger charge is -2.07. The topological polar surface area (TPSA) is 58.6 Å². The Kier molecular flexibility index (Phi) is 7.66. The van der Waals surface area contributed by atoms with E-state index in [2.05, 4.69) is 12.2 Å². The van der Waals surface area contributed by atoms with Gasteiger partial charge in [-0.15, -0.1) is 0 Å². The standard InChI is InChI=1S/C15H23NO3/c1-2-3-11-19-14-8-6-13(7-9-14)12-16-10-4-5-15(17)18/h6-9,16H,2-5,10-12H2,1H3,(H,17,18). The van der Waals surface area contributed by atoms with Gasteiger partial charge in [0.15, 0.2) is 0 Å². The molecule has 0 atom stereocenters. The number of hydrogen-bond donors (Lipinski definition) is 2. The van der Waals surface area contributed by atoms with E-state index < -0.39 is 5.97 Å². The largest absolute Gasteiger partial charge is 0.494 e. The van der Waals surface area contributed by atoms with Crippen LogP contribution in [-0.2, 0) is 11.3 Å². The zero-order chi connectivity index (χ0) is 13.9. The van der Waals surface area contributed by atoms with Crippen molar-refractivity contribution in [2.24, 2.45) is 0 Å². The maximum absolute atomic E-state index is 10.3. The SMILES string of the molecule is CCCCOc1ccc(CNCCCC(=O)O)cc1. The molecule has 0 bridgehead atoms. The zero-order valence-electron chi connectivity index (χ0n) is 11.5. The highest BCUT2D eigenvalue weighted by atomic mass is 16.5. The molecule has 0 aromatic heterocycles. The van der Waals surface area contributed by atoms with Crippen molar-refractivity contribution in [1.29, 1.82) is 0 Å². The predicted octanol–water partition coefficient (Wildman–Crippen LogP) is 2.82. The molecular weight excluding hydrogens is 242 g/mol. The maximum atomic E-state index is 10.3. The van der Waals surface area contributed by atoms with Crippen LogP contribution >= 0.6 is 0 Å². The van der Waals surface area contributed by atoms with E-state index in [4.69, 9.17) is 9.84 Å². The molecule has 4 heteroatoms.